The number of aryl methyl sites for hydroxylation is 1. The summed E-state index contributed by atoms with van der Waals surface area (Å²) in [5.74, 6) is -1.43. The van der Waals surface area contributed by atoms with Crippen molar-refractivity contribution in [3.05, 3.63) is 23.5 Å². The van der Waals surface area contributed by atoms with Crippen LogP contribution >= 0.6 is 0 Å². The predicted octanol–water partition coefficient (Wildman–Crippen LogP) is -0.00648. The van der Waals surface area contributed by atoms with Crippen LogP contribution in [0.25, 0.3) is 0 Å². The lowest BCUT2D eigenvalue weighted by Crippen LogP contribution is -2.41. The molecule has 1 amide bonds. The molecule has 1 aliphatic heterocycles. The van der Waals surface area contributed by atoms with Gasteiger partial charge in [-0.1, -0.05) is 0 Å². The number of carboxylic acids is 1. The Labute approximate surface area is 104 Å². The second-order valence-corrected chi connectivity index (χ2v) is 4.62. The molecule has 0 unspecified atom stereocenters. The molecule has 2 heterocycles. The molecule has 98 valence electrons. The summed E-state index contributed by atoms with van der Waals surface area (Å²) in [6.07, 6.45) is -0.679. The Balaban J connectivity index is 2.28. The molecule has 6 nitrogen and oxygen atoms in total. The summed E-state index contributed by atoms with van der Waals surface area (Å²) in [4.78, 5) is 24.6. The highest BCUT2D eigenvalue weighted by Gasteiger charge is 2.39. The second kappa shape index (κ2) is 4.45. The van der Waals surface area contributed by atoms with E-state index in [9.17, 15) is 14.7 Å². The summed E-state index contributed by atoms with van der Waals surface area (Å²) >= 11 is 0. The Hall–Kier alpha value is -1.82. The monoisotopic (exact) mass is 252 g/mol. The Morgan fingerprint density at radius 2 is 2.06 bits per heavy atom. The van der Waals surface area contributed by atoms with Gasteiger partial charge in [0, 0.05) is 25.7 Å². The standard InChI is InChI=1S/C12H16N2O4/c1-7-3-4-9(13(7)2)11(16)14-6-8(15)5-10(14)12(17)18/h3-4,8,10,15H,5-6H2,1-2H3,(H,17,18)/t8-,10-/m0/s1. The molecule has 1 fully saturated rings. The molecule has 2 rings (SSSR count). The van der Waals surface area contributed by atoms with E-state index in [2.05, 4.69) is 0 Å². The quantitative estimate of drug-likeness (QED) is 0.775. The first-order valence-electron chi connectivity index (χ1n) is 5.76. The van der Waals surface area contributed by atoms with E-state index >= 15 is 0 Å². The van der Waals surface area contributed by atoms with Gasteiger partial charge in [-0.15, -0.1) is 0 Å². The molecule has 2 N–H and O–H groups in total. The van der Waals surface area contributed by atoms with Crippen LogP contribution in [0.4, 0.5) is 0 Å². The van der Waals surface area contributed by atoms with Gasteiger partial charge in [0.25, 0.3) is 5.91 Å². The number of β-amino-alcohol motifs (C(OH)–C–C–N with tert-alkyl or cyclic N) is 1. The molecular weight excluding hydrogens is 236 g/mol. The maximum absolute atomic E-state index is 12.3. The summed E-state index contributed by atoms with van der Waals surface area (Å²) in [5, 5.41) is 18.6. The van der Waals surface area contributed by atoms with Gasteiger partial charge >= 0.3 is 5.97 Å². The van der Waals surface area contributed by atoms with Crippen LogP contribution in [-0.4, -0.2) is 50.2 Å². The lowest BCUT2D eigenvalue weighted by molar-refractivity contribution is -0.141. The minimum atomic E-state index is -1.08. The number of likely N-dealkylation sites (tertiary alicyclic amines) is 1. The molecule has 1 aromatic heterocycles. The van der Waals surface area contributed by atoms with Gasteiger partial charge in [0.2, 0.25) is 0 Å². The van der Waals surface area contributed by atoms with Gasteiger partial charge in [-0.3, -0.25) is 4.79 Å². The second-order valence-electron chi connectivity index (χ2n) is 4.62. The largest absolute Gasteiger partial charge is 0.480 e. The number of aliphatic hydroxyl groups excluding tert-OH is 1. The third-order valence-corrected chi connectivity index (χ3v) is 3.42. The minimum absolute atomic E-state index is 0.0695. The minimum Gasteiger partial charge on any atom is -0.480 e. The van der Waals surface area contributed by atoms with Gasteiger partial charge in [-0.25, -0.2) is 4.79 Å². The van der Waals surface area contributed by atoms with Crippen molar-refractivity contribution >= 4 is 11.9 Å². The van der Waals surface area contributed by atoms with E-state index < -0.39 is 18.1 Å². The van der Waals surface area contributed by atoms with Crippen LogP contribution in [0, 0.1) is 6.92 Å². The summed E-state index contributed by atoms with van der Waals surface area (Å²) in [5.41, 5.74) is 1.36. The highest BCUT2D eigenvalue weighted by molar-refractivity contribution is 5.96. The van der Waals surface area contributed by atoms with Crippen molar-refractivity contribution in [2.45, 2.75) is 25.5 Å². The van der Waals surface area contributed by atoms with Gasteiger partial charge in [0.05, 0.1) is 6.10 Å². The van der Waals surface area contributed by atoms with Crippen LogP contribution in [0.15, 0.2) is 12.1 Å². The third kappa shape index (κ3) is 1.99. The molecular formula is C12H16N2O4. The number of carbonyl (C=O) groups excluding carboxylic acids is 1. The third-order valence-electron chi connectivity index (χ3n) is 3.42. The molecule has 0 spiro atoms. The Bertz CT molecular complexity index is 494. The summed E-state index contributed by atoms with van der Waals surface area (Å²) in [6.45, 7) is 1.93. The number of carbonyl (C=O) groups is 2. The zero-order valence-electron chi connectivity index (χ0n) is 10.3. The SMILES string of the molecule is Cc1ccc(C(=O)N2C[C@@H](O)C[C@H]2C(=O)O)n1C. The zero-order chi connectivity index (χ0) is 13.4. The molecule has 1 aliphatic rings. The number of hydrogen-bond donors (Lipinski definition) is 2. The van der Waals surface area contributed by atoms with Crippen LogP contribution < -0.4 is 0 Å². The number of rotatable bonds is 2. The molecule has 1 saturated heterocycles. The van der Waals surface area contributed by atoms with Gasteiger partial charge in [0.1, 0.15) is 11.7 Å². The number of hydrogen-bond acceptors (Lipinski definition) is 3. The Morgan fingerprint density at radius 1 is 1.39 bits per heavy atom. The van der Waals surface area contributed by atoms with Crippen LogP contribution in [0.2, 0.25) is 0 Å². The maximum Gasteiger partial charge on any atom is 0.326 e. The van der Waals surface area contributed by atoms with Crippen LogP contribution in [0.3, 0.4) is 0 Å². The van der Waals surface area contributed by atoms with E-state index in [1.807, 2.05) is 6.92 Å². The van der Waals surface area contributed by atoms with E-state index in [1.165, 1.54) is 4.90 Å². The van der Waals surface area contributed by atoms with Crippen molar-refractivity contribution in [3.63, 3.8) is 0 Å². The van der Waals surface area contributed by atoms with Crippen molar-refractivity contribution < 1.29 is 19.8 Å². The average Bonchev–Trinajstić information content (AvgIpc) is 2.84. The highest BCUT2D eigenvalue weighted by Crippen LogP contribution is 2.21. The van der Waals surface area contributed by atoms with E-state index in [0.717, 1.165) is 5.69 Å². The molecule has 2 atom stereocenters. The van der Waals surface area contributed by atoms with Crippen molar-refractivity contribution in [2.24, 2.45) is 7.05 Å². The molecule has 1 aromatic rings. The molecule has 6 heteroatoms. The Kier molecular flexibility index (Phi) is 3.13. The summed E-state index contributed by atoms with van der Waals surface area (Å²) < 4.78 is 1.71. The fraction of sp³-hybridized carbons (Fsp3) is 0.500. The summed E-state index contributed by atoms with van der Waals surface area (Å²) in [7, 11) is 1.75. The van der Waals surface area contributed by atoms with Gasteiger partial charge in [-0.05, 0) is 19.1 Å². The number of aromatic nitrogens is 1. The number of aliphatic hydroxyl groups is 1. The van der Waals surface area contributed by atoms with Crippen LogP contribution in [-0.2, 0) is 11.8 Å². The zero-order valence-corrected chi connectivity index (χ0v) is 10.3. The van der Waals surface area contributed by atoms with Gasteiger partial charge in [-0.2, -0.15) is 0 Å². The maximum atomic E-state index is 12.3. The van der Waals surface area contributed by atoms with E-state index in [-0.39, 0.29) is 18.9 Å². The first kappa shape index (κ1) is 12.6. The van der Waals surface area contributed by atoms with E-state index in [4.69, 9.17) is 5.11 Å². The molecule has 0 aromatic carbocycles. The number of aliphatic carboxylic acids is 1. The van der Waals surface area contributed by atoms with Crippen molar-refractivity contribution in [1.29, 1.82) is 0 Å². The number of amides is 1. The number of carboxylic acid groups (broad SMARTS) is 1. The van der Waals surface area contributed by atoms with Crippen molar-refractivity contribution in [2.75, 3.05) is 6.54 Å². The fourth-order valence-corrected chi connectivity index (χ4v) is 2.25. The molecule has 0 bridgehead atoms. The van der Waals surface area contributed by atoms with E-state index in [0.29, 0.717) is 5.69 Å². The molecule has 0 saturated carbocycles. The Morgan fingerprint density at radius 3 is 2.56 bits per heavy atom. The van der Waals surface area contributed by atoms with Gasteiger partial charge < -0.3 is 19.7 Å². The molecule has 18 heavy (non-hydrogen) atoms. The number of nitrogens with zero attached hydrogens (tertiary/aromatic N) is 2. The predicted molar refractivity (Wildman–Crippen MR) is 63.2 cm³/mol. The van der Waals surface area contributed by atoms with Crippen LogP contribution in [0.1, 0.15) is 22.6 Å². The van der Waals surface area contributed by atoms with Gasteiger partial charge in [0.15, 0.2) is 0 Å². The first-order chi connectivity index (χ1) is 8.41. The lowest BCUT2D eigenvalue weighted by atomic mass is 10.2. The van der Waals surface area contributed by atoms with Crippen LogP contribution in [0.5, 0.6) is 0 Å². The van der Waals surface area contributed by atoms with Crippen molar-refractivity contribution in [3.8, 4) is 0 Å². The summed E-state index contributed by atoms with van der Waals surface area (Å²) in [6, 6.07) is 2.53. The smallest absolute Gasteiger partial charge is 0.326 e. The molecule has 0 aliphatic carbocycles. The highest BCUT2D eigenvalue weighted by atomic mass is 16.4. The van der Waals surface area contributed by atoms with Crippen molar-refractivity contribution in [1.82, 2.24) is 9.47 Å². The molecule has 0 radical (unpaired) electrons. The lowest BCUT2D eigenvalue weighted by Gasteiger charge is -2.21. The fourth-order valence-electron chi connectivity index (χ4n) is 2.25. The average molecular weight is 252 g/mol. The van der Waals surface area contributed by atoms with E-state index in [1.54, 1.807) is 23.7 Å². The first-order valence-corrected chi connectivity index (χ1v) is 5.76. The normalized spacial score (nSPS) is 23.4. The topological polar surface area (TPSA) is 82.8 Å².